The summed E-state index contributed by atoms with van der Waals surface area (Å²) in [6.45, 7) is 5.39. The average Bonchev–Trinajstić information content (AvgIpc) is 2.85. The highest BCUT2D eigenvalue weighted by Crippen LogP contribution is 2.32. The molecule has 0 spiro atoms. The van der Waals surface area contributed by atoms with Crippen molar-refractivity contribution in [2.45, 2.75) is 26.1 Å². The van der Waals surface area contributed by atoms with Crippen molar-refractivity contribution in [2.24, 2.45) is 0 Å². The van der Waals surface area contributed by atoms with Gasteiger partial charge in [-0.2, -0.15) is 0 Å². The molecule has 0 bridgehead atoms. The molecular weight excluding hydrogens is 279 g/mol. The van der Waals surface area contributed by atoms with E-state index in [0.717, 1.165) is 6.07 Å². The van der Waals surface area contributed by atoms with E-state index in [2.05, 4.69) is 11.3 Å². The fourth-order valence-corrected chi connectivity index (χ4v) is 1.98. The second-order valence-electron chi connectivity index (χ2n) is 4.55. The number of rotatable bonds is 4. The molecule has 112 valence electrons. The molecule has 0 saturated carbocycles. The highest BCUT2D eigenvalue weighted by molar-refractivity contribution is 6.08. The molecule has 0 aromatic heterocycles. The number of benzene rings is 1. The zero-order valence-electron chi connectivity index (χ0n) is 11.8. The molecule has 1 aromatic rings. The van der Waals surface area contributed by atoms with Crippen LogP contribution in [-0.4, -0.2) is 25.3 Å². The van der Waals surface area contributed by atoms with Crippen LogP contribution in [0.3, 0.4) is 0 Å². The molecule has 5 nitrogen and oxygen atoms in total. The van der Waals surface area contributed by atoms with Crippen molar-refractivity contribution in [3.8, 4) is 5.75 Å². The van der Waals surface area contributed by atoms with Gasteiger partial charge in [-0.1, -0.05) is 13.5 Å². The van der Waals surface area contributed by atoms with Crippen molar-refractivity contribution >= 4 is 11.9 Å². The first kappa shape index (κ1) is 15.0. The van der Waals surface area contributed by atoms with Gasteiger partial charge in [0.15, 0.2) is 5.78 Å². The molecule has 0 aliphatic carbocycles. The van der Waals surface area contributed by atoms with Gasteiger partial charge in [0.25, 0.3) is 6.29 Å². The first-order valence-electron chi connectivity index (χ1n) is 6.42. The number of carbonyl (C=O) groups excluding carboxylic acids is 2. The molecule has 6 heteroatoms. The summed E-state index contributed by atoms with van der Waals surface area (Å²) in [6, 6.07) is 2.53. The summed E-state index contributed by atoms with van der Waals surface area (Å²) in [7, 11) is 1.18. The molecule has 0 amide bonds. The molecule has 1 unspecified atom stereocenters. The van der Waals surface area contributed by atoms with Gasteiger partial charge in [0, 0.05) is 11.6 Å². The van der Waals surface area contributed by atoms with Crippen LogP contribution in [-0.2, 0) is 15.9 Å². The van der Waals surface area contributed by atoms with Crippen LogP contribution < -0.4 is 4.74 Å². The van der Waals surface area contributed by atoms with Crippen molar-refractivity contribution < 1.29 is 28.2 Å². The van der Waals surface area contributed by atoms with Gasteiger partial charge in [-0.15, -0.1) is 0 Å². The number of allylic oxidation sites excluding steroid dienone is 1. The van der Waals surface area contributed by atoms with E-state index in [1.165, 1.54) is 13.2 Å². The van der Waals surface area contributed by atoms with Gasteiger partial charge in [0.05, 0.1) is 19.1 Å². The van der Waals surface area contributed by atoms with Gasteiger partial charge in [0.2, 0.25) is 0 Å². The summed E-state index contributed by atoms with van der Waals surface area (Å²) >= 11 is 0. The van der Waals surface area contributed by atoms with Gasteiger partial charge in [0.1, 0.15) is 11.6 Å². The van der Waals surface area contributed by atoms with Crippen molar-refractivity contribution in [1.82, 2.24) is 0 Å². The third-order valence-corrected chi connectivity index (χ3v) is 3.18. The second-order valence-corrected chi connectivity index (χ2v) is 4.55. The lowest BCUT2D eigenvalue weighted by Crippen LogP contribution is -2.21. The molecule has 21 heavy (non-hydrogen) atoms. The number of methoxy groups -OCH3 is 1. The van der Waals surface area contributed by atoms with Crippen molar-refractivity contribution in [2.75, 3.05) is 7.11 Å². The summed E-state index contributed by atoms with van der Waals surface area (Å²) in [4.78, 5) is 23.0. The Morgan fingerprint density at radius 2 is 2.19 bits per heavy atom. The molecule has 2 rings (SSSR count). The quantitative estimate of drug-likeness (QED) is 0.485. The molecular formula is C15H15FO5. The Morgan fingerprint density at radius 3 is 2.81 bits per heavy atom. The van der Waals surface area contributed by atoms with Crippen LogP contribution in [0.1, 0.15) is 29.3 Å². The Hall–Kier alpha value is -2.37. The van der Waals surface area contributed by atoms with Gasteiger partial charge in [-0.25, -0.2) is 9.18 Å². The SMILES string of the molecule is C=C(CC)C(=O)c1cc2c(cc1F)OC(OC(=O)OC)C2. The van der Waals surface area contributed by atoms with E-state index < -0.39 is 24.0 Å². The van der Waals surface area contributed by atoms with E-state index in [4.69, 9.17) is 9.47 Å². The van der Waals surface area contributed by atoms with Crippen molar-refractivity contribution in [3.63, 3.8) is 0 Å². The fourth-order valence-electron chi connectivity index (χ4n) is 1.98. The predicted octanol–water partition coefficient (Wildman–Crippen LogP) is 3.02. The van der Waals surface area contributed by atoms with Gasteiger partial charge >= 0.3 is 6.16 Å². The first-order valence-corrected chi connectivity index (χ1v) is 6.42. The Kier molecular flexibility index (Phi) is 4.26. The lowest BCUT2D eigenvalue weighted by molar-refractivity contribution is -0.0461. The molecule has 0 N–H and O–H groups in total. The maximum Gasteiger partial charge on any atom is 0.511 e. The summed E-state index contributed by atoms with van der Waals surface area (Å²) in [6.07, 6.45) is -1.10. The maximum absolute atomic E-state index is 14.0. The number of carbonyl (C=O) groups is 2. The van der Waals surface area contributed by atoms with E-state index in [1.54, 1.807) is 6.92 Å². The van der Waals surface area contributed by atoms with Crippen molar-refractivity contribution in [1.29, 1.82) is 0 Å². The van der Waals surface area contributed by atoms with E-state index >= 15 is 0 Å². The number of fused-ring (bicyclic) bond motifs is 1. The Balaban J connectivity index is 2.22. The smallest absolute Gasteiger partial charge is 0.454 e. The first-order chi connectivity index (χ1) is 9.96. The van der Waals surface area contributed by atoms with Crippen LogP contribution in [0.25, 0.3) is 0 Å². The number of ketones is 1. The van der Waals surface area contributed by atoms with E-state index in [1.807, 2.05) is 0 Å². The van der Waals surface area contributed by atoms with Crippen LogP contribution in [0.2, 0.25) is 0 Å². The highest BCUT2D eigenvalue weighted by Gasteiger charge is 2.29. The Labute approximate surface area is 121 Å². The van der Waals surface area contributed by atoms with Crippen LogP contribution in [0, 0.1) is 5.82 Å². The van der Waals surface area contributed by atoms with E-state index in [0.29, 0.717) is 17.6 Å². The lowest BCUT2D eigenvalue weighted by atomic mass is 9.99. The Morgan fingerprint density at radius 1 is 1.48 bits per heavy atom. The van der Waals surface area contributed by atoms with Crippen LogP contribution in [0.4, 0.5) is 9.18 Å². The zero-order chi connectivity index (χ0) is 15.6. The molecule has 1 aliphatic heterocycles. The third kappa shape index (κ3) is 3.04. The topological polar surface area (TPSA) is 61.8 Å². The standard InChI is InChI=1S/C15H15FO5/c1-4-8(2)14(17)10-5-9-6-13(21-15(18)19-3)20-12(9)7-11(10)16/h5,7,13H,2,4,6H2,1,3H3. The highest BCUT2D eigenvalue weighted by atomic mass is 19.1. The number of hydrogen-bond acceptors (Lipinski definition) is 5. The average molecular weight is 294 g/mol. The fraction of sp³-hybridized carbons (Fsp3) is 0.333. The largest absolute Gasteiger partial charge is 0.511 e. The number of Topliss-reactive ketones (excluding diaryl/α,β-unsaturated/α-hetero) is 1. The minimum atomic E-state index is -0.885. The molecule has 1 aliphatic rings. The van der Waals surface area contributed by atoms with Crippen LogP contribution in [0.15, 0.2) is 24.3 Å². The zero-order valence-corrected chi connectivity index (χ0v) is 11.8. The number of hydrogen-bond donors (Lipinski definition) is 0. The van der Waals surface area contributed by atoms with E-state index in [9.17, 15) is 14.0 Å². The lowest BCUT2D eigenvalue weighted by Gasteiger charge is -2.10. The van der Waals surface area contributed by atoms with E-state index in [-0.39, 0.29) is 17.7 Å². The summed E-state index contributed by atoms with van der Waals surface area (Å²) < 4.78 is 28.5. The number of halogens is 1. The molecule has 0 saturated heterocycles. The number of ether oxygens (including phenoxy) is 3. The third-order valence-electron chi connectivity index (χ3n) is 3.18. The van der Waals surface area contributed by atoms with Gasteiger partial charge < -0.3 is 14.2 Å². The molecule has 1 aromatic carbocycles. The minimum absolute atomic E-state index is 0.0529. The molecule has 1 atom stereocenters. The Bertz CT molecular complexity index is 608. The van der Waals surface area contributed by atoms with Gasteiger partial charge in [-0.3, -0.25) is 4.79 Å². The minimum Gasteiger partial charge on any atom is -0.454 e. The summed E-state index contributed by atoms with van der Waals surface area (Å²) in [5, 5.41) is 0. The predicted molar refractivity (Wildman–Crippen MR) is 71.8 cm³/mol. The molecule has 1 heterocycles. The van der Waals surface area contributed by atoms with Gasteiger partial charge in [-0.05, 0) is 18.1 Å². The van der Waals surface area contributed by atoms with Crippen molar-refractivity contribution in [3.05, 3.63) is 41.2 Å². The molecule has 0 radical (unpaired) electrons. The molecule has 0 fully saturated rings. The normalized spacial score (nSPS) is 15.9. The van der Waals surface area contributed by atoms with Crippen LogP contribution >= 0.6 is 0 Å². The summed E-state index contributed by atoms with van der Waals surface area (Å²) in [5.41, 5.74) is 0.871. The summed E-state index contributed by atoms with van der Waals surface area (Å²) in [5.74, 6) is -0.873. The second kappa shape index (κ2) is 5.95. The maximum atomic E-state index is 14.0. The van der Waals surface area contributed by atoms with Crippen LogP contribution in [0.5, 0.6) is 5.75 Å². The monoisotopic (exact) mass is 294 g/mol.